The van der Waals surface area contributed by atoms with Gasteiger partial charge in [0.25, 0.3) is 0 Å². The molecule has 0 radical (unpaired) electrons. The van der Waals surface area contributed by atoms with Gasteiger partial charge in [0.2, 0.25) is 0 Å². The van der Waals surface area contributed by atoms with Crippen molar-refractivity contribution in [2.45, 2.75) is 70.6 Å². The molecule has 0 amide bonds. The maximum absolute atomic E-state index is 13.4. The van der Waals surface area contributed by atoms with E-state index in [4.69, 9.17) is 5.26 Å². The molecule has 1 heterocycles. The highest BCUT2D eigenvalue weighted by atomic mass is 19.4. The van der Waals surface area contributed by atoms with Crippen LogP contribution in [0, 0.1) is 11.3 Å². The molecule has 1 aliphatic rings. The van der Waals surface area contributed by atoms with Crippen LogP contribution in [-0.2, 0) is 12.6 Å². The molecule has 1 fully saturated rings. The predicted molar refractivity (Wildman–Crippen MR) is 107 cm³/mol. The topological polar surface area (TPSA) is 44.9 Å². The van der Waals surface area contributed by atoms with Gasteiger partial charge in [-0.05, 0) is 57.2 Å². The smallest absolute Gasteiger partial charge is 0.369 e. The van der Waals surface area contributed by atoms with Crippen LogP contribution in [0.2, 0.25) is 0 Å². The minimum atomic E-state index is -4.54. The van der Waals surface area contributed by atoms with Crippen molar-refractivity contribution >= 4 is 5.69 Å². The molecule has 0 spiro atoms. The summed E-state index contributed by atoms with van der Waals surface area (Å²) in [6.07, 6.45) is 5.20. The van der Waals surface area contributed by atoms with Crippen molar-refractivity contribution in [3.8, 4) is 6.07 Å². The van der Waals surface area contributed by atoms with Crippen molar-refractivity contribution in [2.24, 2.45) is 0 Å². The number of rotatable bonds is 6. The molecule has 2 unspecified atom stereocenters. The van der Waals surface area contributed by atoms with E-state index in [0.717, 1.165) is 44.6 Å². The molecule has 4 nitrogen and oxygen atoms in total. The van der Waals surface area contributed by atoms with Crippen LogP contribution >= 0.6 is 0 Å². The first-order chi connectivity index (χ1) is 13.9. The number of halogens is 3. The van der Waals surface area contributed by atoms with Gasteiger partial charge < -0.3 is 9.47 Å². The summed E-state index contributed by atoms with van der Waals surface area (Å²) in [5, 5.41) is 9.05. The quantitative estimate of drug-likeness (QED) is 0.617. The van der Waals surface area contributed by atoms with Crippen molar-refractivity contribution < 1.29 is 13.2 Å². The van der Waals surface area contributed by atoms with Crippen LogP contribution in [0.5, 0.6) is 0 Å². The lowest BCUT2D eigenvalue weighted by molar-refractivity contribution is -0.137. The summed E-state index contributed by atoms with van der Waals surface area (Å²) in [6, 6.07) is 6.19. The molecular weight excluding hydrogens is 377 g/mol. The summed E-state index contributed by atoms with van der Waals surface area (Å²) >= 11 is 0. The average molecular weight is 404 g/mol. The first-order valence-electron chi connectivity index (χ1n) is 10.3. The fourth-order valence-electron chi connectivity index (χ4n) is 4.48. The molecule has 1 saturated carbocycles. The molecule has 0 bridgehead atoms. The first kappa shape index (κ1) is 21.2. The molecule has 1 aromatic carbocycles. The fourth-order valence-corrected chi connectivity index (χ4v) is 4.48. The van der Waals surface area contributed by atoms with Gasteiger partial charge in [-0.3, -0.25) is 0 Å². The lowest BCUT2D eigenvalue weighted by Gasteiger charge is -2.39. The van der Waals surface area contributed by atoms with Crippen LogP contribution in [0.25, 0.3) is 0 Å². The minimum Gasteiger partial charge on any atom is -0.369 e. The van der Waals surface area contributed by atoms with E-state index in [-0.39, 0.29) is 11.6 Å². The standard InChI is InChI=1S/C22H27F3N4/c1-3-6-20-14-27-15-29(20)18-8-5-7-17(11-18)28(4-2)19-10-9-16(13-26)21(12-19)22(23,24)25/h9-10,12,14-15,17-18H,3-8,11H2,1-2H3. The summed E-state index contributed by atoms with van der Waals surface area (Å²) in [5.41, 5.74) is 0.562. The number of hydrogen-bond donors (Lipinski definition) is 0. The van der Waals surface area contributed by atoms with Gasteiger partial charge in [-0.15, -0.1) is 0 Å². The van der Waals surface area contributed by atoms with E-state index in [1.165, 1.54) is 11.8 Å². The first-order valence-corrected chi connectivity index (χ1v) is 10.3. The SMILES string of the molecule is CCCc1cncn1C1CCCC(N(CC)c2ccc(C#N)c(C(F)(F)F)c2)C1. The van der Waals surface area contributed by atoms with Gasteiger partial charge in [-0.25, -0.2) is 4.98 Å². The van der Waals surface area contributed by atoms with E-state index in [1.807, 2.05) is 19.4 Å². The molecule has 0 N–H and O–H groups in total. The molecule has 0 aliphatic heterocycles. The third-order valence-electron chi connectivity index (χ3n) is 5.81. The van der Waals surface area contributed by atoms with Crippen molar-refractivity contribution in [2.75, 3.05) is 11.4 Å². The van der Waals surface area contributed by atoms with Gasteiger partial charge in [0, 0.05) is 36.2 Å². The number of benzene rings is 1. The van der Waals surface area contributed by atoms with Gasteiger partial charge in [-0.1, -0.05) is 13.3 Å². The summed E-state index contributed by atoms with van der Waals surface area (Å²) < 4.78 is 42.5. The third kappa shape index (κ3) is 4.58. The number of hydrogen-bond acceptors (Lipinski definition) is 3. The maximum Gasteiger partial charge on any atom is 0.417 e. The van der Waals surface area contributed by atoms with Crippen LogP contribution in [0.4, 0.5) is 18.9 Å². The maximum atomic E-state index is 13.4. The molecule has 2 atom stereocenters. The molecule has 1 aliphatic carbocycles. The van der Waals surface area contributed by atoms with Crippen LogP contribution in [0.15, 0.2) is 30.7 Å². The van der Waals surface area contributed by atoms with Gasteiger partial charge in [-0.2, -0.15) is 18.4 Å². The Morgan fingerprint density at radius 2 is 2.07 bits per heavy atom. The van der Waals surface area contributed by atoms with Crippen molar-refractivity contribution in [1.29, 1.82) is 5.26 Å². The summed E-state index contributed by atoms with van der Waals surface area (Å²) in [7, 11) is 0. The molecule has 0 saturated heterocycles. The fraction of sp³-hybridized carbons (Fsp3) is 0.545. The van der Waals surface area contributed by atoms with Gasteiger partial charge in [0.15, 0.2) is 0 Å². The Balaban J connectivity index is 1.86. The zero-order valence-corrected chi connectivity index (χ0v) is 16.9. The van der Waals surface area contributed by atoms with Crippen molar-refractivity contribution in [3.63, 3.8) is 0 Å². The molecule has 1 aromatic heterocycles. The normalized spacial score (nSPS) is 19.7. The van der Waals surface area contributed by atoms with Crippen LogP contribution < -0.4 is 4.90 Å². The molecule has 7 heteroatoms. The number of nitriles is 1. The highest BCUT2D eigenvalue weighted by Gasteiger charge is 2.35. The monoisotopic (exact) mass is 404 g/mol. The number of anilines is 1. The zero-order valence-electron chi connectivity index (χ0n) is 16.9. The third-order valence-corrected chi connectivity index (χ3v) is 5.81. The molecule has 2 aromatic rings. The summed E-state index contributed by atoms with van der Waals surface area (Å²) in [5.74, 6) is 0. The second-order valence-corrected chi connectivity index (χ2v) is 7.64. The highest BCUT2D eigenvalue weighted by molar-refractivity contribution is 5.55. The molecule has 29 heavy (non-hydrogen) atoms. The molecule has 3 rings (SSSR count). The van der Waals surface area contributed by atoms with Crippen LogP contribution in [0.1, 0.15) is 68.8 Å². The average Bonchev–Trinajstić information content (AvgIpc) is 3.17. The van der Waals surface area contributed by atoms with Gasteiger partial charge >= 0.3 is 6.18 Å². The lowest BCUT2D eigenvalue weighted by atomic mass is 9.89. The lowest BCUT2D eigenvalue weighted by Crippen LogP contribution is -2.39. The van der Waals surface area contributed by atoms with E-state index < -0.39 is 11.7 Å². The molecule has 156 valence electrons. The van der Waals surface area contributed by atoms with Crippen LogP contribution in [0.3, 0.4) is 0 Å². The van der Waals surface area contributed by atoms with Crippen LogP contribution in [-0.4, -0.2) is 22.1 Å². The number of nitrogens with zero attached hydrogens (tertiary/aromatic N) is 4. The Kier molecular flexibility index (Phi) is 6.51. The predicted octanol–water partition coefficient (Wildman–Crippen LogP) is 5.74. The zero-order chi connectivity index (χ0) is 21.0. The summed E-state index contributed by atoms with van der Waals surface area (Å²) in [6.45, 7) is 4.73. The van der Waals surface area contributed by atoms with E-state index in [1.54, 1.807) is 12.1 Å². The highest BCUT2D eigenvalue weighted by Crippen LogP contribution is 2.38. The summed E-state index contributed by atoms with van der Waals surface area (Å²) in [4.78, 5) is 6.37. The number of alkyl halides is 3. The second kappa shape index (κ2) is 8.89. The van der Waals surface area contributed by atoms with Gasteiger partial charge in [0.05, 0.1) is 23.5 Å². The number of aryl methyl sites for hydroxylation is 1. The Hall–Kier alpha value is -2.49. The van der Waals surface area contributed by atoms with E-state index in [0.29, 0.717) is 18.3 Å². The largest absolute Gasteiger partial charge is 0.417 e. The Morgan fingerprint density at radius 3 is 2.72 bits per heavy atom. The van der Waals surface area contributed by atoms with Crippen molar-refractivity contribution in [1.82, 2.24) is 9.55 Å². The van der Waals surface area contributed by atoms with E-state index in [9.17, 15) is 13.2 Å². The number of imidazole rings is 1. The molecular formula is C22H27F3N4. The Labute approximate surface area is 170 Å². The van der Waals surface area contributed by atoms with Crippen molar-refractivity contribution in [3.05, 3.63) is 47.5 Å². The Bertz CT molecular complexity index is 866. The minimum absolute atomic E-state index is 0.157. The second-order valence-electron chi connectivity index (χ2n) is 7.64. The number of aromatic nitrogens is 2. The van der Waals surface area contributed by atoms with E-state index >= 15 is 0 Å². The van der Waals surface area contributed by atoms with E-state index in [2.05, 4.69) is 21.4 Å². The van der Waals surface area contributed by atoms with Gasteiger partial charge in [0.1, 0.15) is 0 Å². The Morgan fingerprint density at radius 1 is 1.28 bits per heavy atom.